The van der Waals surface area contributed by atoms with E-state index in [0.717, 1.165) is 103 Å². The lowest BCUT2D eigenvalue weighted by molar-refractivity contribution is -0.870. The lowest BCUT2D eigenvalue weighted by Crippen LogP contribution is -2.47. The number of phosphoric acid groups is 1. The third-order valence-electron chi connectivity index (χ3n) is 12.6. The van der Waals surface area contributed by atoms with Gasteiger partial charge in [-0.05, 0) is 89.5 Å². The molecule has 0 aliphatic heterocycles. The number of carbonyl (C=O) groups is 2. The van der Waals surface area contributed by atoms with E-state index in [-0.39, 0.29) is 24.9 Å². The molecule has 0 heterocycles. The van der Waals surface area contributed by atoms with Crippen LogP contribution < -0.4 is 10.2 Å². The van der Waals surface area contributed by atoms with Gasteiger partial charge in [0.05, 0.1) is 33.8 Å². The lowest BCUT2D eigenvalue weighted by Gasteiger charge is -2.30. The van der Waals surface area contributed by atoms with E-state index in [9.17, 15) is 19.0 Å². The minimum Gasteiger partial charge on any atom is -0.756 e. The molecule has 10 heteroatoms. The van der Waals surface area contributed by atoms with Gasteiger partial charge in [-0.2, -0.15) is 0 Å². The Morgan fingerprint density at radius 2 is 0.944 bits per heavy atom. The molecule has 0 bridgehead atoms. The average molecular weight is 1030 g/mol. The van der Waals surface area contributed by atoms with Gasteiger partial charge in [0.1, 0.15) is 19.3 Å². The van der Waals surface area contributed by atoms with Gasteiger partial charge < -0.3 is 28.5 Å². The number of esters is 1. The summed E-state index contributed by atoms with van der Waals surface area (Å²) in [7, 11) is 1.16. The van der Waals surface area contributed by atoms with Crippen LogP contribution in [-0.2, 0) is 27.9 Å². The van der Waals surface area contributed by atoms with Gasteiger partial charge in [0.15, 0.2) is 0 Å². The molecule has 0 rings (SSSR count). The van der Waals surface area contributed by atoms with E-state index >= 15 is 0 Å². The Bertz CT molecular complexity index is 1510. The highest BCUT2D eigenvalue weighted by Crippen LogP contribution is 2.38. The van der Waals surface area contributed by atoms with Crippen molar-refractivity contribution in [3.63, 3.8) is 0 Å². The van der Waals surface area contributed by atoms with E-state index < -0.39 is 26.6 Å². The van der Waals surface area contributed by atoms with Crippen molar-refractivity contribution in [3.05, 3.63) is 85.1 Å². The van der Waals surface area contributed by atoms with Crippen molar-refractivity contribution in [2.45, 2.75) is 258 Å². The number of carbonyl (C=O) groups excluding carboxylic acids is 2. The fourth-order valence-electron chi connectivity index (χ4n) is 8.06. The number of allylic oxidation sites excluding steroid dienone is 13. The van der Waals surface area contributed by atoms with E-state index in [0.29, 0.717) is 23.9 Å². The quantitative estimate of drug-likeness (QED) is 0.0161. The number of likely N-dealkylation sites (N-methyl/N-ethyl adjacent to an activating group) is 1. The van der Waals surface area contributed by atoms with Crippen LogP contribution in [0.25, 0.3) is 0 Å². The molecule has 416 valence electrons. The number of unbranched alkanes of at least 4 members (excludes halogenated alkanes) is 26. The third kappa shape index (κ3) is 52.1. The van der Waals surface area contributed by atoms with Gasteiger partial charge in [-0.3, -0.25) is 14.2 Å². The van der Waals surface area contributed by atoms with Crippen LogP contribution in [0.2, 0.25) is 0 Å². The molecular weight excluding hydrogens is 916 g/mol. The second-order valence-corrected chi connectivity index (χ2v) is 22.2. The highest BCUT2D eigenvalue weighted by molar-refractivity contribution is 7.45. The molecule has 9 nitrogen and oxygen atoms in total. The number of ether oxygens (including phenoxy) is 1. The Hall–Kier alpha value is -2.81. The van der Waals surface area contributed by atoms with Crippen molar-refractivity contribution in [2.24, 2.45) is 0 Å². The maximum Gasteiger partial charge on any atom is 0.306 e. The summed E-state index contributed by atoms with van der Waals surface area (Å²) in [5, 5.41) is 3.01. The summed E-state index contributed by atoms with van der Waals surface area (Å²) in [4.78, 5) is 39.9. The maximum atomic E-state index is 13.5. The molecule has 0 aliphatic rings. The van der Waals surface area contributed by atoms with Crippen molar-refractivity contribution in [3.8, 4) is 0 Å². The minimum atomic E-state index is -4.71. The molecule has 0 aromatic rings. The van der Waals surface area contributed by atoms with Gasteiger partial charge in [0.2, 0.25) is 5.91 Å². The van der Waals surface area contributed by atoms with E-state index in [1.807, 2.05) is 39.4 Å². The second-order valence-electron chi connectivity index (χ2n) is 20.8. The molecule has 0 fully saturated rings. The second kappa shape index (κ2) is 51.7. The zero-order chi connectivity index (χ0) is 52.9. The molecule has 0 saturated carbocycles. The van der Waals surface area contributed by atoms with E-state index in [4.69, 9.17) is 13.8 Å². The van der Waals surface area contributed by atoms with Crippen LogP contribution in [0, 0.1) is 0 Å². The van der Waals surface area contributed by atoms with E-state index in [2.05, 4.69) is 92.9 Å². The molecule has 0 radical (unpaired) electrons. The van der Waals surface area contributed by atoms with Crippen LogP contribution in [0.3, 0.4) is 0 Å². The summed E-state index contributed by atoms with van der Waals surface area (Å²) in [6, 6.07) is -0.904. The first-order valence-electron chi connectivity index (χ1n) is 29.4. The summed E-state index contributed by atoms with van der Waals surface area (Å²) in [5.74, 6) is -0.577. The van der Waals surface area contributed by atoms with Crippen molar-refractivity contribution in [1.29, 1.82) is 0 Å². The van der Waals surface area contributed by atoms with Gasteiger partial charge in [0.25, 0.3) is 7.82 Å². The number of hydrogen-bond acceptors (Lipinski definition) is 7. The van der Waals surface area contributed by atoms with E-state index in [1.165, 1.54) is 103 Å². The number of nitrogens with zero attached hydrogens (tertiary/aromatic N) is 1. The van der Waals surface area contributed by atoms with Crippen LogP contribution >= 0.6 is 7.82 Å². The summed E-state index contributed by atoms with van der Waals surface area (Å²) in [5.41, 5.74) is 0. The summed E-state index contributed by atoms with van der Waals surface area (Å²) in [6.07, 6.45) is 66.9. The van der Waals surface area contributed by atoms with Gasteiger partial charge in [-0.1, -0.05) is 228 Å². The normalized spacial score (nSPS) is 14.4. The highest BCUT2D eigenvalue weighted by atomic mass is 31.2. The predicted molar refractivity (Wildman–Crippen MR) is 307 cm³/mol. The summed E-state index contributed by atoms with van der Waals surface area (Å²) in [6.45, 7) is 6.65. The standard InChI is InChI=1S/C62H111N2O7P/c1-7-10-13-16-19-22-25-28-29-30-31-32-33-34-35-37-39-42-45-48-51-54-61(65)63-59(58-70-72(67,68)69-57-56-64(4,5)6)60(53-50-47-44-41-38-27-24-21-18-15-12-9-3)71-62(66)55-52-49-46-43-40-36-26-23-20-17-14-11-8-2/h11,14,17,19-20,22-23,26,28-29,31-32,50,53,59-60H,7-10,12-13,15-16,18,21,24-25,27,30,33-49,51-52,54-58H2,1-6H3,(H-,63,65,67,68)/b14-11+,20-17+,22-19-,26-23-,29-28-,32-31-,53-50-. The molecule has 3 atom stereocenters. The minimum absolute atomic E-state index is 0.0310. The smallest absolute Gasteiger partial charge is 0.306 e. The Balaban J connectivity index is 5.30. The van der Waals surface area contributed by atoms with Crippen LogP contribution in [-0.4, -0.2) is 69.4 Å². The molecule has 0 aromatic carbocycles. The van der Waals surface area contributed by atoms with Crippen LogP contribution in [0.15, 0.2) is 85.1 Å². The van der Waals surface area contributed by atoms with Gasteiger partial charge in [-0.25, -0.2) is 0 Å². The largest absolute Gasteiger partial charge is 0.756 e. The van der Waals surface area contributed by atoms with Gasteiger partial charge in [-0.15, -0.1) is 0 Å². The first-order valence-corrected chi connectivity index (χ1v) is 30.9. The third-order valence-corrected chi connectivity index (χ3v) is 13.6. The molecule has 0 aliphatic carbocycles. The Morgan fingerprint density at radius 1 is 0.514 bits per heavy atom. The Morgan fingerprint density at radius 3 is 1.47 bits per heavy atom. The average Bonchev–Trinajstić information content (AvgIpc) is 3.34. The number of rotatable bonds is 52. The number of hydrogen-bond donors (Lipinski definition) is 1. The first kappa shape index (κ1) is 69.2. The summed E-state index contributed by atoms with van der Waals surface area (Å²) < 4.78 is 30.2. The molecule has 0 aromatic heterocycles. The topological polar surface area (TPSA) is 114 Å². The van der Waals surface area contributed by atoms with E-state index in [1.54, 1.807) is 0 Å². The molecule has 1 amide bonds. The molecule has 72 heavy (non-hydrogen) atoms. The highest BCUT2D eigenvalue weighted by Gasteiger charge is 2.27. The van der Waals surface area contributed by atoms with Gasteiger partial charge in [0, 0.05) is 12.8 Å². The van der Waals surface area contributed by atoms with Crippen LogP contribution in [0.1, 0.15) is 245 Å². The van der Waals surface area contributed by atoms with Gasteiger partial charge >= 0.3 is 5.97 Å². The molecule has 1 N–H and O–H groups in total. The maximum absolute atomic E-state index is 13.5. The van der Waals surface area contributed by atoms with Crippen molar-refractivity contribution in [2.75, 3.05) is 40.9 Å². The Kier molecular flexibility index (Phi) is 49.6. The number of quaternary nitrogens is 1. The fraction of sp³-hybridized carbons (Fsp3) is 0.742. The lowest BCUT2D eigenvalue weighted by atomic mass is 10.0. The number of nitrogens with one attached hydrogen (secondary N) is 1. The number of phosphoric ester groups is 1. The molecule has 0 spiro atoms. The van der Waals surface area contributed by atoms with Crippen molar-refractivity contribution < 1.29 is 37.3 Å². The fourth-order valence-corrected chi connectivity index (χ4v) is 8.78. The molecule has 0 saturated heterocycles. The SMILES string of the molecule is CC/C=C/C=C/C=C\CCCCCCCC(=O)OC(/C=C\CCCCCCCCCCCC)C(COP(=O)([O-])OCC[N+](C)(C)C)NC(=O)CCCCCCCCCC/C=C\C/C=C\C/C=C\CCCCC. The van der Waals surface area contributed by atoms with Crippen LogP contribution in [0.5, 0.6) is 0 Å². The van der Waals surface area contributed by atoms with Crippen LogP contribution in [0.4, 0.5) is 0 Å². The summed E-state index contributed by atoms with van der Waals surface area (Å²) >= 11 is 0. The van der Waals surface area contributed by atoms with Crippen molar-refractivity contribution >= 4 is 19.7 Å². The number of amides is 1. The van der Waals surface area contributed by atoms with Crippen molar-refractivity contribution in [1.82, 2.24) is 5.32 Å². The monoisotopic (exact) mass is 1030 g/mol. The molecular formula is C62H111N2O7P. The Labute approximate surface area is 444 Å². The first-order chi connectivity index (χ1) is 34.9. The zero-order valence-electron chi connectivity index (χ0n) is 47.4. The zero-order valence-corrected chi connectivity index (χ0v) is 48.3. The predicted octanol–water partition coefficient (Wildman–Crippen LogP) is 17.2. The molecule has 3 unspecified atom stereocenters.